The fourth-order valence-corrected chi connectivity index (χ4v) is 4.56. The Balaban J connectivity index is 1.48. The van der Waals surface area contributed by atoms with Crippen LogP contribution >= 0.6 is 0 Å². The van der Waals surface area contributed by atoms with E-state index in [2.05, 4.69) is 20.2 Å². The van der Waals surface area contributed by atoms with Crippen molar-refractivity contribution < 1.29 is 4.79 Å². The van der Waals surface area contributed by atoms with Crippen molar-refractivity contribution in [1.82, 2.24) is 20.2 Å². The van der Waals surface area contributed by atoms with Gasteiger partial charge in [0.1, 0.15) is 0 Å². The molecule has 4 rings (SSSR count). The molecule has 2 aliphatic rings. The van der Waals surface area contributed by atoms with Crippen LogP contribution in [0, 0.1) is 0 Å². The number of amides is 1. The Morgan fingerprint density at radius 3 is 2.43 bits per heavy atom. The van der Waals surface area contributed by atoms with Gasteiger partial charge in [-0.1, -0.05) is 31.4 Å². The molecule has 0 spiro atoms. The number of nitrogens with zero attached hydrogens (tertiary/aromatic N) is 2. The lowest BCUT2D eigenvalue weighted by atomic mass is 9.81. The van der Waals surface area contributed by atoms with Gasteiger partial charge in [0.15, 0.2) is 0 Å². The molecule has 0 bridgehead atoms. The zero-order chi connectivity index (χ0) is 19.4. The maximum atomic E-state index is 13.0. The van der Waals surface area contributed by atoms with E-state index < -0.39 is 0 Å². The molecule has 6 nitrogen and oxygen atoms in total. The van der Waals surface area contributed by atoms with Crippen LogP contribution in [-0.2, 0) is 0 Å². The summed E-state index contributed by atoms with van der Waals surface area (Å²) in [5.74, 6) is -0.00710. The van der Waals surface area contributed by atoms with E-state index in [1.807, 2.05) is 24.3 Å². The molecule has 1 saturated carbocycles. The topological polar surface area (TPSA) is 78.1 Å². The van der Waals surface area contributed by atoms with E-state index in [9.17, 15) is 9.59 Å². The van der Waals surface area contributed by atoms with E-state index in [4.69, 9.17) is 0 Å². The van der Waals surface area contributed by atoms with Gasteiger partial charge in [0, 0.05) is 12.1 Å². The molecule has 2 heterocycles. The summed E-state index contributed by atoms with van der Waals surface area (Å²) in [7, 11) is 0. The molecule has 1 aliphatic carbocycles. The Morgan fingerprint density at radius 1 is 1.04 bits per heavy atom. The molecule has 2 fully saturated rings. The summed E-state index contributed by atoms with van der Waals surface area (Å²) < 4.78 is 0. The van der Waals surface area contributed by atoms with Gasteiger partial charge in [0.05, 0.1) is 23.6 Å². The maximum Gasteiger partial charge on any atom is 0.266 e. The minimum absolute atomic E-state index is 0.00710. The molecule has 1 amide bonds. The highest BCUT2D eigenvalue weighted by Gasteiger charge is 2.36. The van der Waals surface area contributed by atoms with Crippen molar-refractivity contribution in [3.05, 3.63) is 52.6 Å². The van der Waals surface area contributed by atoms with Gasteiger partial charge < -0.3 is 15.2 Å². The van der Waals surface area contributed by atoms with Gasteiger partial charge in [-0.3, -0.25) is 14.6 Å². The third kappa shape index (κ3) is 4.33. The van der Waals surface area contributed by atoms with E-state index in [-0.39, 0.29) is 17.0 Å². The molecule has 0 radical (unpaired) electrons. The molecule has 1 aliphatic heterocycles. The van der Waals surface area contributed by atoms with Crippen LogP contribution in [0.3, 0.4) is 0 Å². The molecule has 28 heavy (non-hydrogen) atoms. The summed E-state index contributed by atoms with van der Waals surface area (Å²) in [5, 5.41) is 3.39. The summed E-state index contributed by atoms with van der Waals surface area (Å²) >= 11 is 0. The average molecular weight is 380 g/mol. The van der Waals surface area contributed by atoms with E-state index in [1.54, 1.807) is 6.20 Å². The Hall–Kier alpha value is -2.47. The first-order valence-electron chi connectivity index (χ1n) is 10.3. The van der Waals surface area contributed by atoms with Gasteiger partial charge in [0.2, 0.25) is 0 Å². The Labute approximate surface area is 165 Å². The number of hydrogen-bond donors (Lipinski definition) is 2. The standard InChI is InChI=1S/C22H28N4O2/c27-20-15-23-14-19(24-20)17-6-8-18(9-7-17)21(28)25-22(10-2-1-3-11-22)16-26-12-4-5-13-26/h6-9,14-15H,1-5,10-13,16H2,(H,24,27)(H,25,28). The van der Waals surface area contributed by atoms with E-state index >= 15 is 0 Å². The Morgan fingerprint density at radius 2 is 1.75 bits per heavy atom. The van der Waals surface area contributed by atoms with Gasteiger partial charge in [-0.25, -0.2) is 0 Å². The van der Waals surface area contributed by atoms with E-state index in [0.29, 0.717) is 11.3 Å². The maximum absolute atomic E-state index is 13.0. The molecule has 1 aromatic carbocycles. The van der Waals surface area contributed by atoms with Gasteiger partial charge >= 0.3 is 0 Å². The zero-order valence-electron chi connectivity index (χ0n) is 16.2. The highest BCUT2D eigenvalue weighted by atomic mass is 16.2. The Bertz CT molecular complexity index is 863. The highest BCUT2D eigenvalue weighted by molar-refractivity contribution is 5.95. The minimum atomic E-state index is -0.236. The summed E-state index contributed by atoms with van der Waals surface area (Å²) in [6.07, 6.45) is 11.1. The van der Waals surface area contributed by atoms with Crippen LogP contribution < -0.4 is 10.9 Å². The number of carbonyl (C=O) groups excluding carboxylic acids is 1. The molecular weight excluding hydrogens is 352 g/mol. The number of benzene rings is 1. The van der Waals surface area contributed by atoms with Crippen molar-refractivity contribution in [2.75, 3.05) is 19.6 Å². The second-order valence-electron chi connectivity index (χ2n) is 8.17. The Kier molecular flexibility index (Phi) is 5.57. The lowest BCUT2D eigenvalue weighted by Crippen LogP contribution is -2.56. The lowest BCUT2D eigenvalue weighted by Gasteiger charge is -2.41. The third-order valence-electron chi connectivity index (χ3n) is 6.03. The number of carbonyl (C=O) groups is 1. The molecule has 6 heteroatoms. The first kappa shape index (κ1) is 18.9. The molecule has 1 saturated heterocycles. The fourth-order valence-electron chi connectivity index (χ4n) is 4.56. The first-order valence-corrected chi connectivity index (χ1v) is 10.3. The molecular formula is C22H28N4O2. The summed E-state index contributed by atoms with van der Waals surface area (Å²) in [5.41, 5.74) is 1.80. The van der Waals surface area contributed by atoms with Crippen LogP contribution in [0.4, 0.5) is 0 Å². The average Bonchev–Trinajstić information content (AvgIpc) is 3.21. The second-order valence-corrected chi connectivity index (χ2v) is 8.17. The summed E-state index contributed by atoms with van der Waals surface area (Å²) in [4.78, 5) is 33.6. The number of hydrogen-bond acceptors (Lipinski definition) is 4. The van der Waals surface area contributed by atoms with Crippen LogP contribution in [0.15, 0.2) is 41.5 Å². The monoisotopic (exact) mass is 380 g/mol. The zero-order valence-corrected chi connectivity index (χ0v) is 16.2. The molecule has 2 N–H and O–H groups in total. The molecule has 0 atom stereocenters. The van der Waals surface area contributed by atoms with Gasteiger partial charge in [-0.15, -0.1) is 0 Å². The predicted molar refractivity (Wildman–Crippen MR) is 109 cm³/mol. The number of H-pyrrole nitrogens is 1. The van der Waals surface area contributed by atoms with Crippen molar-refractivity contribution in [1.29, 1.82) is 0 Å². The third-order valence-corrected chi connectivity index (χ3v) is 6.03. The number of rotatable bonds is 5. The van der Waals surface area contributed by atoms with Gasteiger partial charge in [-0.05, 0) is 56.5 Å². The number of aromatic amines is 1. The van der Waals surface area contributed by atoms with E-state index in [0.717, 1.165) is 38.0 Å². The van der Waals surface area contributed by atoms with Crippen LogP contribution in [0.1, 0.15) is 55.3 Å². The van der Waals surface area contributed by atoms with E-state index in [1.165, 1.54) is 38.3 Å². The first-order chi connectivity index (χ1) is 13.6. The van der Waals surface area contributed by atoms with Crippen molar-refractivity contribution in [2.24, 2.45) is 0 Å². The summed E-state index contributed by atoms with van der Waals surface area (Å²) in [6, 6.07) is 7.36. The van der Waals surface area contributed by atoms with Crippen LogP contribution in [0.2, 0.25) is 0 Å². The van der Waals surface area contributed by atoms with Crippen LogP contribution in [0.5, 0.6) is 0 Å². The molecule has 2 aromatic rings. The number of aromatic nitrogens is 2. The normalized spacial score (nSPS) is 19.4. The van der Waals surface area contributed by atoms with Crippen molar-refractivity contribution >= 4 is 5.91 Å². The minimum Gasteiger partial charge on any atom is -0.345 e. The lowest BCUT2D eigenvalue weighted by molar-refractivity contribution is 0.0822. The van der Waals surface area contributed by atoms with Crippen molar-refractivity contribution in [2.45, 2.75) is 50.5 Å². The molecule has 1 aromatic heterocycles. The summed E-state index contributed by atoms with van der Waals surface area (Å²) in [6.45, 7) is 3.26. The smallest absolute Gasteiger partial charge is 0.266 e. The van der Waals surface area contributed by atoms with Gasteiger partial charge in [0.25, 0.3) is 11.5 Å². The molecule has 0 unspecified atom stereocenters. The van der Waals surface area contributed by atoms with Crippen LogP contribution in [0.25, 0.3) is 11.3 Å². The number of nitrogens with one attached hydrogen (secondary N) is 2. The SMILES string of the molecule is O=C(NC1(CN2CCCC2)CCCCC1)c1ccc(-c2cncc(=O)[nH]2)cc1. The van der Waals surface area contributed by atoms with Crippen molar-refractivity contribution in [3.63, 3.8) is 0 Å². The van der Waals surface area contributed by atoms with Crippen molar-refractivity contribution in [3.8, 4) is 11.3 Å². The number of likely N-dealkylation sites (tertiary alicyclic amines) is 1. The molecule has 148 valence electrons. The highest BCUT2D eigenvalue weighted by Crippen LogP contribution is 2.30. The fraction of sp³-hybridized carbons (Fsp3) is 0.500. The second kappa shape index (κ2) is 8.27. The van der Waals surface area contributed by atoms with Gasteiger partial charge in [-0.2, -0.15) is 0 Å². The quantitative estimate of drug-likeness (QED) is 0.836. The van der Waals surface area contributed by atoms with Crippen LogP contribution in [-0.4, -0.2) is 45.9 Å². The largest absolute Gasteiger partial charge is 0.345 e. The predicted octanol–water partition coefficient (Wildman–Crippen LogP) is 2.97.